The van der Waals surface area contributed by atoms with Crippen LogP contribution in [0.1, 0.15) is 31.4 Å². The number of hydrogen-bond donors (Lipinski definition) is 1. The highest BCUT2D eigenvalue weighted by Gasteiger charge is 2.20. The molecule has 0 aliphatic carbocycles. The SMILES string of the molecule is CCNCc1ccc(F)c(CN2CCCN(C)CC2C)c1. The summed E-state index contributed by atoms with van der Waals surface area (Å²) >= 11 is 0. The van der Waals surface area contributed by atoms with Crippen LogP contribution in [0.2, 0.25) is 0 Å². The van der Waals surface area contributed by atoms with Crippen molar-refractivity contribution in [2.75, 3.05) is 33.2 Å². The Morgan fingerprint density at radius 2 is 2.14 bits per heavy atom. The summed E-state index contributed by atoms with van der Waals surface area (Å²) < 4.78 is 14.1. The zero-order valence-corrected chi connectivity index (χ0v) is 13.5. The van der Waals surface area contributed by atoms with Crippen LogP contribution >= 0.6 is 0 Å². The first kappa shape index (κ1) is 16.4. The molecule has 1 saturated heterocycles. The smallest absolute Gasteiger partial charge is 0.127 e. The van der Waals surface area contributed by atoms with Crippen LogP contribution in [-0.4, -0.2) is 49.1 Å². The van der Waals surface area contributed by atoms with Crippen LogP contribution in [0, 0.1) is 5.82 Å². The van der Waals surface area contributed by atoms with Crippen LogP contribution in [0.5, 0.6) is 0 Å². The van der Waals surface area contributed by atoms with Crippen LogP contribution in [0.15, 0.2) is 18.2 Å². The Labute approximate surface area is 128 Å². The van der Waals surface area contributed by atoms with Crippen molar-refractivity contribution in [3.05, 3.63) is 35.1 Å². The highest BCUT2D eigenvalue weighted by Crippen LogP contribution is 2.17. The fourth-order valence-corrected chi connectivity index (χ4v) is 3.00. The average molecular weight is 293 g/mol. The van der Waals surface area contributed by atoms with Crippen LogP contribution in [0.3, 0.4) is 0 Å². The molecule has 118 valence electrons. The van der Waals surface area contributed by atoms with Gasteiger partial charge in [0.25, 0.3) is 0 Å². The fourth-order valence-electron chi connectivity index (χ4n) is 3.00. The Kier molecular flexibility index (Phi) is 6.15. The monoisotopic (exact) mass is 293 g/mol. The van der Waals surface area contributed by atoms with Gasteiger partial charge in [-0.15, -0.1) is 0 Å². The first-order chi connectivity index (χ1) is 10.1. The predicted molar refractivity (Wildman–Crippen MR) is 85.8 cm³/mol. The molecule has 0 bridgehead atoms. The molecule has 1 aliphatic rings. The van der Waals surface area contributed by atoms with E-state index in [9.17, 15) is 4.39 Å². The Hall–Kier alpha value is -0.970. The van der Waals surface area contributed by atoms with Crippen molar-refractivity contribution in [2.45, 2.75) is 39.4 Å². The maximum atomic E-state index is 14.1. The van der Waals surface area contributed by atoms with Gasteiger partial charge in [-0.1, -0.05) is 19.1 Å². The molecule has 1 N–H and O–H groups in total. The van der Waals surface area contributed by atoms with E-state index < -0.39 is 0 Å². The minimum Gasteiger partial charge on any atom is -0.313 e. The third kappa shape index (κ3) is 4.77. The summed E-state index contributed by atoms with van der Waals surface area (Å²) in [5, 5.41) is 3.30. The molecule has 4 heteroatoms. The molecule has 0 spiro atoms. The van der Waals surface area contributed by atoms with Gasteiger partial charge in [-0.3, -0.25) is 4.90 Å². The van der Waals surface area contributed by atoms with Crippen LogP contribution in [0.4, 0.5) is 4.39 Å². The molecule has 0 saturated carbocycles. The van der Waals surface area contributed by atoms with E-state index in [0.717, 1.165) is 50.3 Å². The van der Waals surface area contributed by atoms with Gasteiger partial charge >= 0.3 is 0 Å². The number of halogens is 1. The van der Waals surface area contributed by atoms with E-state index in [2.05, 4.69) is 36.0 Å². The number of nitrogens with zero attached hydrogens (tertiary/aromatic N) is 2. The molecule has 1 unspecified atom stereocenters. The Bertz CT molecular complexity index is 450. The van der Waals surface area contributed by atoms with Crippen LogP contribution < -0.4 is 5.32 Å². The summed E-state index contributed by atoms with van der Waals surface area (Å²) in [6.07, 6.45) is 1.15. The quantitative estimate of drug-likeness (QED) is 0.900. The zero-order valence-electron chi connectivity index (χ0n) is 13.5. The number of hydrogen-bond acceptors (Lipinski definition) is 3. The molecule has 3 nitrogen and oxygen atoms in total. The molecule has 1 atom stereocenters. The van der Waals surface area contributed by atoms with Gasteiger partial charge in [-0.05, 0) is 45.1 Å². The lowest BCUT2D eigenvalue weighted by Gasteiger charge is -2.28. The number of benzene rings is 1. The Morgan fingerprint density at radius 1 is 1.33 bits per heavy atom. The van der Waals surface area contributed by atoms with E-state index >= 15 is 0 Å². The maximum Gasteiger partial charge on any atom is 0.127 e. The summed E-state index contributed by atoms with van der Waals surface area (Å²) in [5.74, 6) is -0.0833. The molecule has 1 aromatic rings. The molecule has 1 heterocycles. The lowest BCUT2D eigenvalue weighted by Crippen LogP contribution is -2.37. The van der Waals surface area contributed by atoms with Crippen molar-refractivity contribution in [1.82, 2.24) is 15.1 Å². The average Bonchev–Trinajstić information content (AvgIpc) is 2.61. The van der Waals surface area contributed by atoms with Gasteiger partial charge in [0.1, 0.15) is 5.82 Å². The number of nitrogens with one attached hydrogen (secondary N) is 1. The molecular weight excluding hydrogens is 265 g/mol. The van der Waals surface area contributed by atoms with Crippen LogP contribution in [-0.2, 0) is 13.1 Å². The van der Waals surface area contributed by atoms with Gasteiger partial charge in [-0.25, -0.2) is 4.39 Å². The summed E-state index contributed by atoms with van der Waals surface area (Å²) in [6.45, 7) is 10.00. The molecule has 0 amide bonds. The van der Waals surface area contributed by atoms with Crippen molar-refractivity contribution in [2.24, 2.45) is 0 Å². The highest BCUT2D eigenvalue weighted by molar-refractivity contribution is 5.25. The van der Waals surface area contributed by atoms with E-state index in [-0.39, 0.29) is 5.82 Å². The standard InChI is InChI=1S/C17H28FN3/c1-4-19-11-15-6-7-17(18)16(10-15)13-21-9-5-8-20(3)12-14(21)2/h6-7,10,14,19H,4-5,8-9,11-13H2,1-3H3. The largest absolute Gasteiger partial charge is 0.313 e. The lowest BCUT2D eigenvalue weighted by molar-refractivity contribution is 0.192. The molecule has 1 aromatic carbocycles. The molecule has 0 radical (unpaired) electrons. The molecule has 1 fully saturated rings. The van der Waals surface area contributed by atoms with Crippen molar-refractivity contribution in [3.8, 4) is 0 Å². The third-order valence-corrected chi connectivity index (χ3v) is 4.25. The van der Waals surface area contributed by atoms with E-state index in [1.54, 1.807) is 6.07 Å². The zero-order chi connectivity index (χ0) is 15.2. The van der Waals surface area contributed by atoms with Crippen molar-refractivity contribution in [1.29, 1.82) is 0 Å². The van der Waals surface area contributed by atoms with Gasteiger partial charge in [0.2, 0.25) is 0 Å². The van der Waals surface area contributed by atoms with Gasteiger partial charge < -0.3 is 10.2 Å². The van der Waals surface area contributed by atoms with Crippen molar-refractivity contribution < 1.29 is 4.39 Å². The number of rotatable bonds is 5. The predicted octanol–water partition coefficient (Wildman–Crippen LogP) is 2.46. The van der Waals surface area contributed by atoms with Gasteiger partial charge in [-0.2, -0.15) is 0 Å². The molecule has 0 aromatic heterocycles. The second kappa shape index (κ2) is 7.87. The Balaban J connectivity index is 2.06. The molecule has 1 aliphatic heterocycles. The van der Waals surface area contributed by atoms with Gasteiger partial charge in [0, 0.05) is 37.8 Å². The molecule has 2 rings (SSSR count). The highest BCUT2D eigenvalue weighted by atomic mass is 19.1. The second-order valence-corrected chi connectivity index (χ2v) is 6.14. The third-order valence-electron chi connectivity index (χ3n) is 4.25. The van der Waals surface area contributed by atoms with Gasteiger partial charge in [0.15, 0.2) is 0 Å². The maximum absolute atomic E-state index is 14.1. The Morgan fingerprint density at radius 3 is 2.90 bits per heavy atom. The second-order valence-electron chi connectivity index (χ2n) is 6.14. The minimum atomic E-state index is -0.0833. The molecular formula is C17H28FN3. The first-order valence-corrected chi connectivity index (χ1v) is 8.00. The van der Waals surface area contributed by atoms with Gasteiger partial charge in [0.05, 0.1) is 0 Å². The minimum absolute atomic E-state index is 0.0833. The van der Waals surface area contributed by atoms with Crippen LogP contribution in [0.25, 0.3) is 0 Å². The van der Waals surface area contributed by atoms with E-state index in [1.165, 1.54) is 0 Å². The summed E-state index contributed by atoms with van der Waals surface area (Å²) in [6, 6.07) is 5.96. The van der Waals surface area contributed by atoms with E-state index in [0.29, 0.717) is 12.6 Å². The lowest BCUT2D eigenvalue weighted by atomic mass is 10.1. The fraction of sp³-hybridized carbons (Fsp3) is 0.647. The van der Waals surface area contributed by atoms with E-state index in [1.807, 2.05) is 12.1 Å². The summed E-state index contributed by atoms with van der Waals surface area (Å²) in [5.41, 5.74) is 1.98. The van der Waals surface area contributed by atoms with Crippen molar-refractivity contribution in [3.63, 3.8) is 0 Å². The normalized spacial score (nSPS) is 21.4. The summed E-state index contributed by atoms with van der Waals surface area (Å²) in [4.78, 5) is 4.77. The molecule has 21 heavy (non-hydrogen) atoms. The summed E-state index contributed by atoms with van der Waals surface area (Å²) in [7, 11) is 2.16. The first-order valence-electron chi connectivity index (χ1n) is 8.00. The van der Waals surface area contributed by atoms with E-state index in [4.69, 9.17) is 0 Å². The topological polar surface area (TPSA) is 18.5 Å². The number of likely N-dealkylation sites (N-methyl/N-ethyl adjacent to an activating group) is 1. The van der Waals surface area contributed by atoms with Crippen molar-refractivity contribution >= 4 is 0 Å².